The third-order valence-corrected chi connectivity index (χ3v) is 2.17. The van der Waals surface area contributed by atoms with Crippen LogP contribution in [0.3, 0.4) is 0 Å². The number of hydrogen-bond acceptors (Lipinski definition) is 6. The van der Waals surface area contributed by atoms with Crippen molar-refractivity contribution in [3.05, 3.63) is 0 Å². The van der Waals surface area contributed by atoms with Crippen molar-refractivity contribution in [2.24, 2.45) is 0 Å². The molecule has 0 spiro atoms. The van der Waals surface area contributed by atoms with Gasteiger partial charge >= 0.3 is 53.4 Å². The summed E-state index contributed by atoms with van der Waals surface area (Å²) in [6.45, 7) is -2.25. The standard InChI is InChI=1S/C10H16N2O8.Cr.Na.H/c13-7(14)3-11(4-8(15)16)1-2-12(5-9(17)18)6-10(19)20;;;/h1-6H2,(H,13,14)(H,15,16)(H,17,18)(H,19,20);;;/q;;+1;-1. The molecule has 0 radical (unpaired) electrons. The van der Waals surface area contributed by atoms with Gasteiger partial charge in [-0.15, -0.1) is 0 Å². The van der Waals surface area contributed by atoms with Crippen LogP contribution in [0.1, 0.15) is 1.43 Å². The Balaban J connectivity index is -0.000000602. The molecule has 0 saturated carbocycles. The van der Waals surface area contributed by atoms with Gasteiger partial charge in [0.25, 0.3) is 0 Å². The van der Waals surface area contributed by atoms with Crippen molar-refractivity contribution < 1.29 is 87.9 Å². The van der Waals surface area contributed by atoms with E-state index in [2.05, 4.69) is 0 Å². The number of carboxylic acids is 4. The van der Waals surface area contributed by atoms with Gasteiger partial charge in [0.15, 0.2) is 0 Å². The normalized spacial score (nSPS) is 9.73. The van der Waals surface area contributed by atoms with Crippen LogP contribution in [0, 0.1) is 0 Å². The van der Waals surface area contributed by atoms with Crippen LogP contribution in [-0.2, 0) is 36.5 Å². The second-order valence-electron chi connectivity index (χ2n) is 4.00. The molecule has 0 aliphatic carbocycles. The van der Waals surface area contributed by atoms with Crippen molar-refractivity contribution in [1.29, 1.82) is 0 Å². The molecular formula is C10H17CrN2NaO8. The number of carbonyl (C=O) groups is 4. The molecular weight excluding hydrogens is 351 g/mol. The van der Waals surface area contributed by atoms with Crippen molar-refractivity contribution in [2.45, 2.75) is 0 Å². The van der Waals surface area contributed by atoms with Gasteiger partial charge in [0.05, 0.1) is 26.2 Å². The quantitative estimate of drug-likeness (QED) is 0.261. The van der Waals surface area contributed by atoms with Crippen molar-refractivity contribution in [1.82, 2.24) is 9.80 Å². The van der Waals surface area contributed by atoms with E-state index in [1.165, 1.54) is 0 Å². The SMILES string of the molecule is O=C(O)CN(CCN(CC(=O)O)CC(=O)O)CC(=O)O.[Cr].[H-].[Na+]. The van der Waals surface area contributed by atoms with Crippen LogP contribution in [0.5, 0.6) is 0 Å². The molecule has 0 rings (SSSR count). The Hall–Kier alpha value is -0.668. The molecule has 22 heavy (non-hydrogen) atoms. The molecule has 0 saturated heterocycles. The van der Waals surface area contributed by atoms with E-state index < -0.39 is 50.1 Å². The fourth-order valence-electron chi connectivity index (χ4n) is 1.48. The zero-order valence-corrected chi connectivity index (χ0v) is 15.2. The Morgan fingerprint density at radius 2 is 0.818 bits per heavy atom. The van der Waals surface area contributed by atoms with Crippen LogP contribution >= 0.6 is 0 Å². The maximum atomic E-state index is 10.6. The van der Waals surface area contributed by atoms with E-state index in [0.717, 1.165) is 9.80 Å². The van der Waals surface area contributed by atoms with E-state index in [0.29, 0.717) is 0 Å². The van der Waals surface area contributed by atoms with Crippen LogP contribution in [0.15, 0.2) is 0 Å². The molecule has 10 nitrogen and oxygen atoms in total. The predicted octanol–water partition coefficient (Wildman–Crippen LogP) is -4.96. The summed E-state index contributed by atoms with van der Waals surface area (Å²) in [7, 11) is 0. The minimum atomic E-state index is -1.23. The molecule has 4 N–H and O–H groups in total. The first-order valence-corrected chi connectivity index (χ1v) is 5.52. The maximum Gasteiger partial charge on any atom is 1.00 e. The molecule has 0 atom stereocenters. The molecule has 0 aromatic rings. The van der Waals surface area contributed by atoms with E-state index in [-0.39, 0.29) is 61.4 Å². The van der Waals surface area contributed by atoms with Crippen molar-refractivity contribution in [3.63, 3.8) is 0 Å². The van der Waals surface area contributed by atoms with Crippen LogP contribution in [0.25, 0.3) is 0 Å². The third kappa shape index (κ3) is 15.7. The van der Waals surface area contributed by atoms with Crippen LogP contribution < -0.4 is 29.6 Å². The second kappa shape index (κ2) is 14.0. The summed E-state index contributed by atoms with van der Waals surface area (Å²) < 4.78 is 0. The second-order valence-corrected chi connectivity index (χ2v) is 4.00. The topological polar surface area (TPSA) is 156 Å². The summed E-state index contributed by atoms with van der Waals surface area (Å²) in [5.41, 5.74) is 0. The van der Waals surface area contributed by atoms with Crippen molar-refractivity contribution in [2.75, 3.05) is 39.3 Å². The zero-order valence-electron chi connectivity index (χ0n) is 13.0. The number of nitrogens with zero attached hydrogens (tertiary/aromatic N) is 2. The average Bonchev–Trinajstić information content (AvgIpc) is 2.22. The van der Waals surface area contributed by atoms with Gasteiger partial charge in [0, 0.05) is 30.5 Å². The minimum absolute atomic E-state index is 0. The Bertz CT molecular complexity index is 333. The van der Waals surface area contributed by atoms with Crippen molar-refractivity contribution >= 4 is 23.9 Å². The summed E-state index contributed by atoms with van der Waals surface area (Å²) in [6.07, 6.45) is 0. The van der Waals surface area contributed by atoms with Gasteiger partial charge in [-0.2, -0.15) is 0 Å². The molecule has 0 aliphatic rings. The van der Waals surface area contributed by atoms with Gasteiger partial charge in [-0.25, -0.2) is 0 Å². The molecule has 0 amide bonds. The van der Waals surface area contributed by atoms with Gasteiger partial charge < -0.3 is 21.9 Å². The molecule has 122 valence electrons. The number of aliphatic carboxylic acids is 4. The van der Waals surface area contributed by atoms with Crippen LogP contribution in [0.2, 0.25) is 0 Å². The Kier molecular flexibility index (Phi) is 16.6. The molecule has 0 aliphatic heterocycles. The molecule has 12 heteroatoms. The minimum Gasteiger partial charge on any atom is -1.00 e. The summed E-state index contributed by atoms with van der Waals surface area (Å²) in [5.74, 6) is -4.91. The molecule has 0 aromatic carbocycles. The smallest absolute Gasteiger partial charge is 1.00 e. The van der Waals surface area contributed by atoms with Gasteiger partial charge in [0.1, 0.15) is 0 Å². The fourth-order valence-corrected chi connectivity index (χ4v) is 1.48. The van der Waals surface area contributed by atoms with E-state index in [4.69, 9.17) is 20.4 Å². The molecule has 0 unspecified atom stereocenters. The van der Waals surface area contributed by atoms with Gasteiger partial charge in [-0.05, 0) is 0 Å². The molecule has 0 fully saturated rings. The number of hydrogen-bond donors (Lipinski definition) is 4. The van der Waals surface area contributed by atoms with E-state index >= 15 is 0 Å². The number of rotatable bonds is 11. The Labute approximate surface area is 160 Å². The van der Waals surface area contributed by atoms with Gasteiger partial charge in [0.2, 0.25) is 0 Å². The molecule has 0 aromatic heterocycles. The van der Waals surface area contributed by atoms with Crippen molar-refractivity contribution in [3.8, 4) is 0 Å². The van der Waals surface area contributed by atoms with Crippen LogP contribution in [-0.4, -0.2) is 93.4 Å². The Morgan fingerprint density at radius 1 is 0.636 bits per heavy atom. The van der Waals surface area contributed by atoms with Gasteiger partial charge in [-0.3, -0.25) is 29.0 Å². The average molecular weight is 368 g/mol. The largest absolute Gasteiger partial charge is 1.00 e. The monoisotopic (exact) mass is 368 g/mol. The molecule has 0 bridgehead atoms. The van der Waals surface area contributed by atoms with E-state index in [1.807, 2.05) is 0 Å². The first kappa shape index (κ1) is 26.2. The number of carboxylic acid groups (broad SMARTS) is 4. The van der Waals surface area contributed by atoms with Gasteiger partial charge in [-0.1, -0.05) is 0 Å². The zero-order chi connectivity index (χ0) is 15.7. The van der Waals surface area contributed by atoms with E-state index in [9.17, 15) is 19.2 Å². The maximum absolute atomic E-state index is 10.6. The summed E-state index contributed by atoms with van der Waals surface area (Å²) in [4.78, 5) is 44.4. The Morgan fingerprint density at radius 3 is 0.955 bits per heavy atom. The summed E-state index contributed by atoms with van der Waals surface area (Å²) in [6, 6.07) is 0. The van der Waals surface area contributed by atoms with E-state index in [1.54, 1.807) is 0 Å². The van der Waals surface area contributed by atoms with Crippen LogP contribution in [0.4, 0.5) is 0 Å². The first-order chi connectivity index (χ1) is 9.20. The first-order valence-electron chi connectivity index (χ1n) is 5.52. The molecule has 0 heterocycles. The predicted molar refractivity (Wildman–Crippen MR) is 64.5 cm³/mol. The third-order valence-electron chi connectivity index (χ3n) is 2.17. The fraction of sp³-hybridized carbons (Fsp3) is 0.600. The summed E-state index contributed by atoms with van der Waals surface area (Å²) >= 11 is 0. The summed E-state index contributed by atoms with van der Waals surface area (Å²) in [5, 5.41) is 34.5.